The first-order valence-corrected chi connectivity index (χ1v) is 14.4. The number of aliphatic hydroxyl groups excluding tert-OH is 1. The third-order valence-corrected chi connectivity index (χ3v) is 9.14. The number of hydrogen-bond acceptors (Lipinski definition) is 5. The summed E-state index contributed by atoms with van der Waals surface area (Å²) in [5.74, 6) is -0.939. The fourth-order valence-corrected chi connectivity index (χ4v) is 6.82. The SMILES string of the molecule is CC(C)C[C@H](NC(=O)c1cc2ccccc2[nH]1)C(=O)N1C[C@H]2[C@@H]([C@H]1C(=O)N[C@H](CO)C[C@@H]1CCNC1=O)C2(C)C. The van der Waals surface area contributed by atoms with E-state index in [4.69, 9.17) is 0 Å². The van der Waals surface area contributed by atoms with E-state index < -0.39 is 18.1 Å². The van der Waals surface area contributed by atoms with Gasteiger partial charge in [-0.1, -0.05) is 45.9 Å². The molecule has 1 aromatic heterocycles. The Kier molecular flexibility index (Phi) is 7.65. The van der Waals surface area contributed by atoms with Gasteiger partial charge < -0.3 is 30.9 Å². The lowest BCUT2D eigenvalue weighted by Crippen LogP contribution is -2.57. The average Bonchev–Trinajstić information content (AvgIpc) is 3.42. The Labute approximate surface area is 234 Å². The maximum Gasteiger partial charge on any atom is 0.268 e. The maximum atomic E-state index is 14.0. The number of nitrogens with one attached hydrogen (secondary N) is 4. The third-order valence-electron chi connectivity index (χ3n) is 9.14. The molecule has 0 radical (unpaired) electrons. The van der Waals surface area contributed by atoms with Gasteiger partial charge in [0.25, 0.3) is 5.91 Å². The first-order valence-electron chi connectivity index (χ1n) is 14.4. The van der Waals surface area contributed by atoms with Gasteiger partial charge in [-0.3, -0.25) is 19.2 Å². The molecule has 6 atom stereocenters. The number of piperidine rings is 1. The van der Waals surface area contributed by atoms with Gasteiger partial charge >= 0.3 is 0 Å². The van der Waals surface area contributed by atoms with Crippen LogP contribution in [0.1, 0.15) is 57.4 Å². The number of aromatic amines is 1. The van der Waals surface area contributed by atoms with E-state index in [1.54, 1.807) is 11.0 Å². The standard InChI is InChI=1S/C30H41N5O5/c1-16(2)11-23(34-27(38)22-13-17-7-5-6-8-21(17)33-22)29(40)35-14-20-24(30(20,3)4)25(35)28(39)32-19(15-36)12-18-9-10-31-26(18)37/h5-8,13,16,18-20,23-25,33,36H,9-12,14-15H2,1-4H3,(H,31,37)(H,32,39)(H,34,38)/t18-,19-,20-,23-,24-,25-/m0/s1. The molecule has 1 aromatic carbocycles. The van der Waals surface area contributed by atoms with Crippen molar-refractivity contribution in [3.05, 3.63) is 36.0 Å². The fraction of sp³-hybridized carbons (Fsp3) is 0.600. The molecule has 5 N–H and O–H groups in total. The highest BCUT2D eigenvalue weighted by atomic mass is 16.3. The van der Waals surface area contributed by atoms with Gasteiger partial charge in [0.2, 0.25) is 17.7 Å². The summed E-state index contributed by atoms with van der Waals surface area (Å²) >= 11 is 0. The second-order valence-electron chi connectivity index (χ2n) is 12.7. The van der Waals surface area contributed by atoms with Gasteiger partial charge in [0.15, 0.2) is 0 Å². The highest BCUT2D eigenvalue weighted by molar-refractivity contribution is 6.01. The van der Waals surface area contributed by atoms with E-state index in [1.807, 2.05) is 38.1 Å². The van der Waals surface area contributed by atoms with Crippen molar-refractivity contribution in [2.24, 2.45) is 29.1 Å². The van der Waals surface area contributed by atoms with Crippen LogP contribution in [0.15, 0.2) is 30.3 Å². The van der Waals surface area contributed by atoms with Crippen molar-refractivity contribution in [2.45, 2.75) is 65.1 Å². The van der Waals surface area contributed by atoms with E-state index >= 15 is 0 Å². The Morgan fingerprint density at radius 1 is 1.18 bits per heavy atom. The van der Waals surface area contributed by atoms with Crippen LogP contribution in [0.3, 0.4) is 0 Å². The molecular formula is C30H41N5O5. The second kappa shape index (κ2) is 10.9. The topological polar surface area (TPSA) is 144 Å². The zero-order valence-corrected chi connectivity index (χ0v) is 23.7. The molecule has 1 saturated carbocycles. The van der Waals surface area contributed by atoms with E-state index in [2.05, 4.69) is 34.8 Å². The van der Waals surface area contributed by atoms with Crippen molar-refractivity contribution >= 4 is 34.5 Å². The molecule has 2 aromatic rings. The van der Waals surface area contributed by atoms with Crippen molar-refractivity contribution in [1.29, 1.82) is 0 Å². The van der Waals surface area contributed by atoms with E-state index in [1.165, 1.54) is 0 Å². The van der Waals surface area contributed by atoms with E-state index in [-0.39, 0.29) is 59.3 Å². The van der Waals surface area contributed by atoms with Crippen LogP contribution in [0.25, 0.3) is 10.9 Å². The number of rotatable bonds is 10. The highest BCUT2D eigenvalue weighted by Gasteiger charge is 2.69. The van der Waals surface area contributed by atoms with Gasteiger partial charge in [0.05, 0.1) is 12.6 Å². The van der Waals surface area contributed by atoms with Crippen LogP contribution in [0.4, 0.5) is 0 Å². The minimum absolute atomic E-state index is 0.00493. The van der Waals surface area contributed by atoms with Crippen molar-refractivity contribution < 1.29 is 24.3 Å². The number of carbonyl (C=O) groups is 4. The summed E-state index contributed by atoms with van der Waals surface area (Å²) in [6.07, 6.45) is 1.46. The Balaban J connectivity index is 1.32. The summed E-state index contributed by atoms with van der Waals surface area (Å²) < 4.78 is 0. The van der Waals surface area contributed by atoms with Crippen LogP contribution in [0, 0.1) is 29.1 Å². The molecule has 3 aliphatic rings. The number of carbonyl (C=O) groups excluding carboxylic acids is 4. The number of benzene rings is 1. The number of nitrogens with zero attached hydrogens (tertiary/aromatic N) is 1. The number of fused-ring (bicyclic) bond motifs is 2. The minimum Gasteiger partial charge on any atom is -0.394 e. The monoisotopic (exact) mass is 551 g/mol. The van der Waals surface area contributed by atoms with E-state index in [0.29, 0.717) is 38.0 Å². The van der Waals surface area contributed by atoms with Crippen LogP contribution < -0.4 is 16.0 Å². The van der Waals surface area contributed by atoms with Gasteiger partial charge in [-0.2, -0.15) is 0 Å². The van der Waals surface area contributed by atoms with Gasteiger partial charge in [-0.25, -0.2) is 0 Å². The van der Waals surface area contributed by atoms with Crippen LogP contribution in [-0.2, 0) is 14.4 Å². The average molecular weight is 552 g/mol. The third kappa shape index (κ3) is 5.33. The van der Waals surface area contributed by atoms with Crippen molar-refractivity contribution in [3.63, 3.8) is 0 Å². The summed E-state index contributed by atoms with van der Waals surface area (Å²) in [5, 5.41) is 19.6. The zero-order valence-electron chi connectivity index (χ0n) is 23.7. The predicted molar refractivity (Wildman–Crippen MR) is 150 cm³/mol. The quantitative estimate of drug-likeness (QED) is 0.306. The number of aliphatic hydroxyl groups is 1. The lowest BCUT2D eigenvalue weighted by Gasteiger charge is -2.34. The first-order chi connectivity index (χ1) is 19.0. The summed E-state index contributed by atoms with van der Waals surface area (Å²) in [5.41, 5.74) is 1.13. The number of aromatic nitrogens is 1. The smallest absolute Gasteiger partial charge is 0.268 e. The van der Waals surface area contributed by atoms with Gasteiger partial charge in [-0.15, -0.1) is 0 Å². The van der Waals surface area contributed by atoms with Crippen molar-refractivity contribution in [3.8, 4) is 0 Å². The Morgan fingerprint density at radius 2 is 1.93 bits per heavy atom. The second-order valence-corrected chi connectivity index (χ2v) is 12.7. The Hall–Kier alpha value is -3.40. The molecule has 216 valence electrons. The van der Waals surface area contributed by atoms with E-state index in [0.717, 1.165) is 10.9 Å². The number of H-pyrrole nitrogens is 1. The number of likely N-dealkylation sites (tertiary alicyclic amines) is 1. The molecular weight excluding hydrogens is 510 g/mol. The van der Waals surface area contributed by atoms with Gasteiger partial charge in [0.1, 0.15) is 17.8 Å². The van der Waals surface area contributed by atoms with E-state index in [9.17, 15) is 24.3 Å². The van der Waals surface area contributed by atoms with Gasteiger partial charge in [0, 0.05) is 29.9 Å². The lowest BCUT2D eigenvalue weighted by molar-refractivity contribution is -0.142. The van der Waals surface area contributed by atoms with Gasteiger partial charge in [-0.05, 0) is 54.6 Å². The normalized spacial score (nSPS) is 26.4. The highest BCUT2D eigenvalue weighted by Crippen LogP contribution is 2.65. The summed E-state index contributed by atoms with van der Waals surface area (Å²) in [4.78, 5) is 57.8. The Bertz CT molecular complexity index is 1270. The number of para-hydroxylation sites is 1. The molecule has 10 nitrogen and oxygen atoms in total. The molecule has 1 aliphatic carbocycles. The van der Waals surface area contributed by atoms with Crippen LogP contribution in [0.2, 0.25) is 0 Å². The fourth-order valence-electron chi connectivity index (χ4n) is 6.82. The number of hydrogen-bond donors (Lipinski definition) is 5. The molecule has 3 fully saturated rings. The minimum atomic E-state index is -0.786. The molecule has 10 heteroatoms. The largest absolute Gasteiger partial charge is 0.394 e. The molecule has 0 spiro atoms. The molecule has 2 aliphatic heterocycles. The van der Waals surface area contributed by atoms with Crippen LogP contribution in [0.5, 0.6) is 0 Å². The summed E-state index contributed by atoms with van der Waals surface area (Å²) in [7, 11) is 0. The Morgan fingerprint density at radius 3 is 2.58 bits per heavy atom. The molecule has 2 saturated heterocycles. The first kappa shape index (κ1) is 28.1. The van der Waals surface area contributed by atoms with Crippen molar-refractivity contribution in [2.75, 3.05) is 19.7 Å². The molecule has 0 unspecified atom stereocenters. The summed E-state index contributed by atoms with van der Waals surface area (Å²) in [6.45, 7) is 8.97. The van der Waals surface area contributed by atoms with Crippen LogP contribution >= 0.6 is 0 Å². The summed E-state index contributed by atoms with van der Waals surface area (Å²) in [6, 6.07) is 7.31. The molecule has 4 amide bonds. The zero-order chi connectivity index (χ0) is 28.8. The van der Waals surface area contributed by atoms with Crippen molar-refractivity contribution in [1.82, 2.24) is 25.8 Å². The predicted octanol–water partition coefficient (Wildman–Crippen LogP) is 1.80. The molecule has 5 rings (SSSR count). The molecule has 40 heavy (non-hydrogen) atoms. The number of amides is 4. The lowest BCUT2D eigenvalue weighted by atomic mass is 9.96. The van der Waals surface area contributed by atoms with Crippen LogP contribution in [-0.4, -0.2) is 76.4 Å². The maximum absolute atomic E-state index is 14.0. The molecule has 3 heterocycles. The molecule has 0 bridgehead atoms.